The first kappa shape index (κ1) is 11.2. The minimum Gasteiger partial charge on any atom is -0.250 e. The highest BCUT2D eigenvalue weighted by atomic mass is 35.5. The SMILES string of the molecule is Cc1c(Cl)nc(-c2ccc(F)cn2)nc1Cl. The molecule has 0 saturated carbocycles. The van der Waals surface area contributed by atoms with Gasteiger partial charge in [0.1, 0.15) is 21.8 Å². The van der Waals surface area contributed by atoms with E-state index < -0.39 is 5.82 Å². The Morgan fingerprint density at radius 3 is 2.25 bits per heavy atom. The van der Waals surface area contributed by atoms with Gasteiger partial charge < -0.3 is 0 Å². The summed E-state index contributed by atoms with van der Waals surface area (Å²) < 4.78 is 12.7. The van der Waals surface area contributed by atoms with Gasteiger partial charge in [0.15, 0.2) is 5.82 Å². The molecule has 0 aliphatic carbocycles. The van der Waals surface area contributed by atoms with Crippen molar-refractivity contribution in [2.24, 2.45) is 0 Å². The lowest BCUT2D eigenvalue weighted by Gasteiger charge is -2.03. The fraction of sp³-hybridized carbons (Fsp3) is 0.100. The summed E-state index contributed by atoms with van der Waals surface area (Å²) in [6, 6.07) is 2.74. The Hall–Kier alpha value is -1.26. The molecule has 0 unspecified atom stereocenters. The van der Waals surface area contributed by atoms with Crippen LogP contribution >= 0.6 is 23.2 Å². The zero-order valence-electron chi connectivity index (χ0n) is 8.21. The third kappa shape index (κ3) is 2.13. The zero-order valence-corrected chi connectivity index (χ0v) is 9.72. The van der Waals surface area contributed by atoms with E-state index in [9.17, 15) is 4.39 Å². The Morgan fingerprint density at radius 2 is 1.75 bits per heavy atom. The standard InChI is InChI=1S/C10H6Cl2FN3/c1-5-8(11)15-10(16-9(5)12)7-3-2-6(13)4-14-7/h2-4H,1H3. The smallest absolute Gasteiger partial charge is 0.181 e. The molecule has 0 bridgehead atoms. The molecule has 0 aliphatic rings. The third-order valence-corrected chi connectivity index (χ3v) is 2.72. The van der Waals surface area contributed by atoms with Gasteiger partial charge in [0.05, 0.1) is 6.20 Å². The molecule has 0 fully saturated rings. The second-order valence-corrected chi connectivity index (χ2v) is 3.83. The number of hydrogen-bond acceptors (Lipinski definition) is 3. The highest BCUT2D eigenvalue weighted by molar-refractivity contribution is 6.34. The first-order valence-electron chi connectivity index (χ1n) is 4.39. The molecule has 0 N–H and O–H groups in total. The van der Waals surface area contributed by atoms with Crippen LogP contribution in [0, 0.1) is 12.7 Å². The Labute approximate surface area is 101 Å². The van der Waals surface area contributed by atoms with E-state index >= 15 is 0 Å². The fourth-order valence-corrected chi connectivity index (χ4v) is 1.47. The van der Waals surface area contributed by atoms with Gasteiger partial charge in [-0.2, -0.15) is 0 Å². The monoisotopic (exact) mass is 257 g/mol. The van der Waals surface area contributed by atoms with Crippen LogP contribution in [0.1, 0.15) is 5.56 Å². The molecule has 0 amide bonds. The van der Waals surface area contributed by atoms with Crippen LogP contribution in [0.2, 0.25) is 10.3 Å². The molecule has 0 radical (unpaired) electrons. The maximum absolute atomic E-state index is 12.7. The largest absolute Gasteiger partial charge is 0.250 e. The fourth-order valence-electron chi connectivity index (χ4n) is 1.09. The Kier molecular flexibility index (Phi) is 3.03. The van der Waals surface area contributed by atoms with Crippen LogP contribution in [-0.4, -0.2) is 15.0 Å². The predicted octanol–water partition coefficient (Wildman–Crippen LogP) is 3.29. The van der Waals surface area contributed by atoms with E-state index in [4.69, 9.17) is 23.2 Å². The molecule has 0 aliphatic heterocycles. The number of halogens is 3. The molecule has 2 aromatic heterocycles. The maximum atomic E-state index is 12.7. The molecule has 2 aromatic rings. The topological polar surface area (TPSA) is 38.7 Å². The van der Waals surface area contributed by atoms with Gasteiger partial charge in [-0.15, -0.1) is 0 Å². The highest BCUT2D eigenvalue weighted by Gasteiger charge is 2.10. The molecule has 0 spiro atoms. The summed E-state index contributed by atoms with van der Waals surface area (Å²) in [6.45, 7) is 1.71. The van der Waals surface area contributed by atoms with Gasteiger partial charge in [-0.1, -0.05) is 23.2 Å². The summed E-state index contributed by atoms with van der Waals surface area (Å²) in [7, 11) is 0. The van der Waals surface area contributed by atoms with Crippen molar-refractivity contribution in [1.82, 2.24) is 15.0 Å². The van der Waals surface area contributed by atoms with Crippen LogP contribution in [-0.2, 0) is 0 Å². The molecular weight excluding hydrogens is 252 g/mol. The Bertz CT molecular complexity index is 505. The van der Waals surface area contributed by atoms with E-state index in [0.717, 1.165) is 6.20 Å². The van der Waals surface area contributed by atoms with Crippen LogP contribution < -0.4 is 0 Å². The maximum Gasteiger partial charge on any atom is 0.181 e. The summed E-state index contributed by atoms with van der Waals surface area (Å²) in [5.41, 5.74) is 1.03. The van der Waals surface area contributed by atoms with Crippen molar-refractivity contribution < 1.29 is 4.39 Å². The molecule has 0 aromatic carbocycles. The number of rotatable bonds is 1. The summed E-state index contributed by atoms with van der Waals surface area (Å²) in [4.78, 5) is 11.9. The molecule has 6 heteroatoms. The highest BCUT2D eigenvalue weighted by Crippen LogP contribution is 2.23. The molecule has 16 heavy (non-hydrogen) atoms. The van der Waals surface area contributed by atoms with Crippen molar-refractivity contribution in [3.63, 3.8) is 0 Å². The summed E-state index contributed by atoms with van der Waals surface area (Å²) in [5, 5.41) is 0.530. The minimum atomic E-state index is -0.423. The van der Waals surface area contributed by atoms with Gasteiger partial charge in [0.2, 0.25) is 0 Å². The van der Waals surface area contributed by atoms with E-state index in [0.29, 0.717) is 11.3 Å². The molecule has 0 saturated heterocycles. The van der Waals surface area contributed by atoms with E-state index in [1.165, 1.54) is 12.1 Å². The molecule has 2 heterocycles. The first-order chi connectivity index (χ1) is 7.58. The lowest BCUT2D eigenvalue weighted by atomic mass is 10.3. The van der Waals surface area contributed by atoms with Crippen LogP contribution in [0.15, 0.2) is 18.3 Å². The van der Waals surface area contributed by atoms with Gasteiger partial charge in [-0.25, -0.2) is 19.3 Å². The number of aromatic nitrogens is 3. The van der Waals surface area contributed by atoms with Crippen LogP contribution in [0.3, 0.4) is 0 Å². The average molecular weight is 258 g/mol. The number of hydrogen-bond donors (Lipinski definition) is 0. The van der Waals surface area contributed by atoms with Crippen molar-refractivity contribution >= 4 is 23.2 Å². The minimum absolute atomic E-state index is 0.265. The van der Waals surface area contributed by atoms with Gasteiger partial charge >= 0.3 is 0 Å². The van der Waals surface area contributed by atoms with Gasteiger partial charge in [0.25, 0.3) is 0 Å². The van der Waals surface area contributed by atoms with Crippen molar-refractivity contribution in [1.29, 1.82) is 0 Å². The molecule has 0 atom stereocenters. The zero-order chi connectivity index (χ0) is 11.7. The normalized spacial score (nSPS) is 10.5. The number of pyridine rings is 1. The Balaban J connectivity index is 2.52. The van der Waals surface area contributed by atoms with Crippen molar-refractivity contribution in [2.45, 2.75) is 6.92 Å². The van der Waals surface area contributed by atoms with Crippen LogP contribution in [0.4, 0.5) is 4.39 Å². The van der Waals surface area contributed by atoms with Gasteiger partial charge in [-0.05, 0) is 19.1 Å². The average Bonchev–Trinajstić information content (AvgIpc) is 2.26. The second-order valence-electron chi connectivity index (χ2n) is 3.12. The van der Waals surface area contributed by atoms with Gasteiger partial charge in [-0.3, -0.25) is 0 Å². The first-order valence-corrected chi connectivity index (χ1v) is 5.15. The van der Waals surface area contributed by atoms with Crippen molar-refractivity contribution in [3.8, 4) is 11.5 Å². The molecule has 3 nitrogen and oxygen atoms in total. The molecular formula is C10H6Cl2FN3. The molecule has 82 valence electrons. The van der Waals surface area contributed by atoms with Crippen LogP contribution in [0.5, 0.6) is 0 Å². The predicted molar refractivity (Wildman–Crippen MR) is 60.0 cm³/mol. The lowest BCUT2D eigenvalue weighted by Crippen LogP contribution is -1.95. The summed E-state index contributed by atoms with van der Waals surface area (Å²) >= 11 is 11.7. The van der Waals surface area contributed by atoms with E-state index in [1.807, 2.05) is 0 Å². The van der Waals surface area contributed by atoms with Gasteiger partial charge in [0, 0.05) is 5.56 Å². The summed E-state index contributed by atoms with van der Waals surface area (Å²) in [6.07, 6.45) is 1.08. The van der Waals surface area contributed by atoms with E-state index in [1.54, 1.807) is 6.92 Å². The third-order valence-electron chi connectivity index (χ3n) is 1.98. The Morgan fingerprint density at radius 1 is 1.12 bits per heavy atom. The van der Waals surface area contributed by atoms with E-state index in [2.05, 4.69) is 15.0 Å². The van der Waals surface area contributed by atoms with Crippen molar-refractivity contribution in [3.05, 3.63) is 40.0 Å². The summed E-state index contributed by atoms with van der Waals surface area (Å²) in [5.74, 6) is -0.145. The van der Waals surface area contributed by atoms with Crippen molar-refractivity contribution in [2.75, 3.05) is 0 Å². The number of nitrogens with zero attached hydrogens (tertiary/aromatic N) is 3. The molecule has 2 rings (SSSR count). The van der Waals surface area contributed by atoms with E-state index in [-0.39, 0.29) is 16.1 Å². The second kappa shape index (κ2) is 4.31. The lowest BCUT2D eigenvalue weighted by molar-refractivity contribution is 0.621. The van der Waals surface area contributed by atoms with Crippen LogP contribution in [0.25, 0.3) is 11.5 Å². The quantitative estimate of drug-likeness (QED) is 0.736.